The minimum Gasteiger partial charge on any atom is -0.495 e. The average molecular weight is 315 g/mol. The number of sulfonamides is 1. The highest BCUT2D eigenvalue weighted by atomic mass is 32.2. The van der Waals surface area contributed by atoms with Gasteiger partial charge in [-0.15, -0.1) is 0 Å². The first kappa shape index (κ1) is 17.5. The second kappa shape index (κ2) is 6.03. The van der Waals surface area contributed by atoms with E-state index < -0.39 is 21.4 Å². The van der Waals surface area contributed by atoms with E-state index in [4.69, 9.17) is 9.84 Å². The van der Waals surface area contributed by atoms with E-state index in [0.29, 0.717) is 5.56 Å². The summed E-state index contributed by atoms with van der Waals surface area (Å²) in [6.45, 7) is 6.22. The summed E-state index contributed by atoms with van der Waals surface area (Å²) < 4.78 is 32.3. The molecule has 118 valence electrons. The van der Waals surface area contributed by atoms with E-state index in [1.165, 1.54) is 21.0 Å². The van der Waals surface area contributed by atoms with E-state index in [2.05, 4.69) is 4.72 Å². The zero-order valence-corrected chi connectivity index (χ0v) is 13.7. The lowest BCUT2D eigenvalue weighted by molar-refractivity contribution is -0.146. The SMILES string of the molecule is COc1cc(C)cc(C)c1S(=O)(=O)NCC(C)(C)C(=O)O. The molecule has 0 spiro atoms. The van der Waals surface area contributed by atoms with Gasteiger partial charge in [-0.3, -0.25) is 4.79 Å². The molecule has 0 bridgehead atoms. The normalized spacial score (nSPS) is 12.2. The zero-order valence-electron chi connectivity index (χ0n) is 12.9. The topological polar surface area (TPSA) is 92.7 Å². The molecule has 0 aromatic heterocycles. The van der Waals surface area contributed by atoms with Gasteiger partial charge in [0.15, 0.2) is 0 Å². The van der Waals surface area contributed by atoms with Crippen LogP contribution in [-0.2, 0) is 14.8 Å². The molecule has 0 atom stereocenters. The molecule has 0 aliphatic heterocycles. The Hall–Kier alpha value is -1.60. The molecule has 0 unspecified atom stereocenters. The summed E-state index contributed by atoms with van der Waals surface area (Å²) in [5.74, 6) is -0.828. The van der Waals surface area contributed by atoms with E-state index in [-0.39, 0.29) is 17.2 Å². The summed E-state index contributed by atoms with van der Waals surface area (Å²) in [4.78, 5) is 11.1. The van der Waals surface area contributed by atoms with E-state index in [0.717, 1.165) is 5.56 Å². The highest BCUT2D eigenvalue weighted by Gasteiger charge is 2.31. The Balaban J connectivity index is 3.18. The van der Waals surface area contributed by atoms with E-state index in [9.17, 15) is 13.2 Å². The molecule has 1 rings (SSSR count). The van der Waals surface area contributed by atoms with Crippen LogP contribution in [0.4, 0.5) is 0 Å². The lowest BCUT2D eigenvalue weighted by atomic mass is 9.95. The first-order chi connectivity index (χ1) is 9.51. The largest absolute Gasteiger partial charge is 0.495 e. The van der Waals surface area contributed by atoms with E-state index in [1.54, 1.807) is 19.1 Å². The van der Waals surface area contributed by atoms with Gasteiger partial charge in [0.25, 0.3) is 0 Å². The maximum Gasteiger partial charge on any atom is 0.310 e. The van der Waals surface area contributed by atoms with Crippen LogP contribution < -0.4 is 9.46 Å². The van der Waals surface area contributed by atoms with Crippen LogP contribution >= 0.6 is 0 Å². The molecule has 0 radical (unpaired) electrons. The van der Waals surface area contributed by atoms with Gasteiger partial charge < -0.3 is 9.84 Å². The molecule has 0 fully saturated rings. The number of carboxylic acids is 1. The summed E-state index contributed by atoms with van der Waals surface area (Å²) in [6, 6.07) is 3.36. The predicted octanol–water partition coefficient (Wildman–Crippen LogP) is 1.70. The molecule has 0 amide bonds. The number of ether oxygens (including phenoxy) is 1. The number of aliphatic carboxylic acids is 1. The molecule has 1 aromatic rings. The molecule has 6 nitrogen and oxygen atoms in total. The first-order valence-corrected chi connectivity index (χ1v) is 7.88. The molecular weight excluding hydrogens is 294 g/mol. The fourth-order valence-electron chi connectivity index (χ4n) is 1.83. The van der Waals surface area contributed by atoms with Gasteiger partial charge in [0, 0.05) is 6.54 Å². The van der Waals surface area contributed by atoms with Crippen molar-refractivity contribution in [1.29, 1.82) is 0 Å². The number of carboxylic acid groups (broad SMARTS) is 1. The third kappa shape index (κ3) is 3.95. The minimum atomic E-state index is -3.86. The molecular formula is C14H21NO5S. The van der Waals surface area contributed by atoms with Crippen molar-refractivity contribution in [2.24, 2.45) is 5.41 Å². The molecule has 0 aliphatic rings. The minimum absolute atomic E-state index is 0.0387. The van der Waals surface area contributed by atoms with Crippen molar-refractivity contribution in [3.8, 4) is 5.75 Å². The smallest absolute Gasteiger partial charge is 0.310 e. The summed E-state index contributed by atoms with van der Waals surface area (Å²) in [7, 11) is -2.46. The van der Waals surface area contributed by atoms with Crippen LogP contribution in [0.2, 0.25) is 0 Å². The van der Waals surface area contributed by atoms with Crippen molar-refractivity contribution in [3.63, 3.8) is 0 Å². The van der Waals surface area contributed by atoms with Crippen molar-refractivity contribution < 1.29 is 23.1 Å². The molecule has 0 saturated heterocycles. The highest BCUT2D eigenvalue weighted by molar-refractivity contribution is 7.89. The Morgan fingerprint density at radius 1 is 1.33 bits per heavy atom. The molecule has 21 heavy (non-hydrogen) atoms. The molecule has 1 aromatic carbocycles. The standard InChI is InChI=1S/C14H21NO5S/c1-9-6-10(2)12(11(7-9)20-5)21(18,19)15-8-14(3,4)13(16)17/h6-7,15H,8H2,1-5H3,(H,16,17). The van der Waals surface area contributed by atoms with Crippen LogP contribution in [0.15, 0.2) is 17.0 Å². The van der Waals surface area contributed by atoms with Crippen LogP contribution in [0.3, 0.4) is 0 Å². The monoisotopic (exact) mass is 315 g/mol. The molecule has 2 N–H and O–H groups in total. The number of hydrogen-bond donors (Lipinski definition) is 2. The number of methoxy groups -OCH3 is 1. The van der Waals surface area contributed by atoms with Gasteiger partial charge in [0.2, 0.25) is 10.0 Å². The second-order valence-electron chi connectivity index (χ2n) is 5.63. The van der Waals surface area contributed by atoms with Crippen LogP contribution in [0.5, 0.6) is 5.75 Å². The van der Waals surface area contributed by atoms with Gasteiger partial charge in [-0.25, -0.2) is 13.1 Å². The lowest BCUT2D eigenvalue weighted by Gasteiger charge is -2.21. The number of benzene rings is 1. The van der Waals surface area contributed by atoms with Gasteiger partial charge in [-0.2, -0.15) is 0 Å². The second-order valence-corrected chi connectivity index (χ2v) is 7.33. The number of hydrogen-bond acceptors (Lipinski definition) is 4. The van der Waals surface area contributed by atoms with Crippen LogP contribution in [0.25, 0.3) is 0 Å². The van der Waals surface area contributed by atoms with Gasteiger partial charge >= 0.3 is 5.97 Å². The molecule has 7 heteroatoms. The Morgan fingerprint density at radius 3 is 2.38 bits per heavy atom. The summed E-state index contributed by atoms with van der Waals surface area (Å²) in [5.41, 5.74) is 0.237. The fraction of sp³-hybridized carbons (Fsp3) is 0.500. The van der Waals surface area contributed by atoms with Crippen LogP contribution in [-0.4, -0.2) is 33.1 Å². The van der Waals surface area contributed by atoms with Crippen molar-refractivity contribution in [2.75, 3.05) is 13.7 Å². The highest BCUT2D eigenvalue weighted by Crippen LogP contribution is 2.29. The Morgan fingerprint density at radius 2 is 1.90 bits per heavy atom. The quantitative estimate of drug-likeness (QED) is 0.833. The van der Waals surface area contributed by atoms with Gasteiger partial charge in [0.1, 0.15) is 10.6 Å². The molecule has 0 heterocycles. The van der Waals surface area contributed by atoms with Crippen molar-refractivity contribution in [1.82, 2.24) is 4.72 Å². The fourth-order valence-corrected chi connectivity index (χ4v) is 3.42. The Kier molecular flexibility index (Phi) is 5.01. The van der Waals surface area contributed by atoms with Crippen molar-refractivity contribution >= 4 is 16.0 Å². The molecule has 0 saturated carbocycles. The Bertz CT molecular complexity index is 650. The van der Waals surface area contributed by atoms with Gasteiger partial charge in [0.05, 0.1) is 12.5 Å². The number of aryl methyl sites for hydroxylation is 2. The van der Waals surface area contributed by atoms with Crippen molar-refractivity contribution in [3.05, 3.63) is 23.3 Å². The van der Waals surface area contributed by atoms with Gasteiger partial charge in [-0.1, -0.05) is 6.07 Å². The summed E-state index contributed by atoms with van der Waals surface area (Å²) in [5, 5.41) is 9.04. The third-order valence-electron chi connectivity index (χ3n) is 3.16. The summed E-state index contributed by atoms with van der Waals surface area (Å²) >= 11 is 0. The summed E-state index contributed by atoms with van der Waals surface area (Å²) in [6.07, 6.45) is 0. The van der Waals surface area contributed by atoms with E-state index >= 15 is 0 Å². The van der Waals surface area contributed by atoms with E-state index in [1.807, 2.05) is 6.92 Å². The number of carbonyl (C=O) groups is 1. The Labute approximate surface area is 125 Å². The number of nitrogens with one attached hydrogen (secondary N) is 1. The van der Waals surface area contributed by atoms with Crippen LogP contribution in [0.1, 0.15) is 25.0 Å². The number of rotatable bonds is 6. The zero-order chi connectivity index (χ0) is 16.4. The predicted molar refractivity (Wildman–Crippen MR) is 79.1 cm³/mol. The average Bonchev–Trinajstić information content (AvgIpc) is 2.35. The maximum absolute atomic E-state index is 12.4. The maximum atomic E-state index is 12.4. The molecule has 0 aliphatic carbocycles. The van der Waals surface area contributed by atoms with Crippen molar-refractivity contribution in [2.45, 2.75) is 32.6 Å². The van der Waals surface area contributed by atoms with Crippen LogP contribution in [0, 0.1) is 19.3 Å². The third-order valence-corrected chi connectivity index (χ3v) is 4.74. The lowest BCUT2D eigenvalue weighted by Crippen LogP contribution is -2.39. The first-order valence-electron chi connectivity index (χ1n) is 6.39. The van der Waals surface area contributed by atoms with Gasteiger partial charge in [-0.05, 0) is 44.9 Å².